The Morgan fingerprint density at radius 3 is 2.70 bits per heavy atom. The Kier molecular flexibility index (Phi) is 5.63. The van der Waals surface area contributed by atoms with E-state index in [1.807, 2.05) is 6.08 Å². The second-order valence-corrected chi connectivity index (χ2v) is 10.5. The summed E-state index contributed by atoms with van der Waals surface area (Å²) in [5, 5.41) is 42.5. The Labute approximate surface area is 179 Å². The van der Waals surface area contributed by atoms with Crippen LogP contribution in [0.3, 0.4) is 0 Å². The second-order valence-electron chi connectivity index (χ2n) is 10.5. The molecule has 0 radical (unpaired) electrons. The molecule has 0 aromatic heterocycles. The van der Waals surface area contributed by atoms with Crippen molar-refractivity contribution in [3.05, 3.63) is 35.5 Å². The van der Waals surface area contributed by atoms with Gasteiger partial charge >= 0.3 is 0 Å². The smallest absolute Gasteiger partial charge is 0.159 e. The van der Waals surface area contributed by atoms with Crippen molar-refractivity contribution in [3.8, 4) is 0 Å². The minimum Gasteiger partial charge on any atom is -0.393 e. The number of carbonyl (C=O) groups is 1. The van der Waals surface area contributed by atoms with Gasteiger partial charge in [0.05, 0.1) is 23.9 Å². The average Bonchev–Trinajstić information content (AvgIpc) is 2.85. The molecular weight excluding hydrogens is 380 g/mol. The van der Waals surface area contributed by atoms with E-state index in [1.165, 1.54) is 5.57 Å². The summed E-state index contributed by atoms with van der Waals surface area (Å²) in [5.41, 5.74) is 0.624. The van der Waals surface area contributed by atoms with Crippen molar-refractivity contribution in [2.75, 3.05) is 0 Å². The molecule has 0 heterocycles. The molecule has 0 amide bonds. The first kappa shape index (κ1) is 21.9. The molecule has 5 nitrogen and oxygen atoms in total. The van der Waals surface area contributed by atoms with E-state index in [1.54, 1.807) is 26.0 Å². The van der Waals surface area contributed by atoms with Crippen LogP contribution in [0.15, 0.2) is 35.5 Å². The van der Waals surface area contributed by atoms with Crippen LogP contribution in [-0.2, 0) is 4.79 Å². The van der Waals surface area contributed by atoms with E-state index in [9.17, 15) is 25.2 Å². The van der Waals surface area contributed by atoms with Gasteiger partial charge in [-0.2, -0.15) is 0 Å². The molecule has 9 atom stereocenters. The fourth-order valence-corrected chi connectivity index (χ4v) is 6.93. The lowest BCUT2D eigenvalue weighted by Crippen LogP contribution is -2.53. The fourth-order valence-electron chi connectivity index (χ4n) is 6.93. The third kappa shape index (κ3) is 3.54. The summed E-state index contributed by atoms with van der Waals surface area (Å²) in [6.07, 6.45) is 9.37. The first-order valence-electron chi connectivity index (χ1n) is 11.4. The van der Waals surface area contributed by atoms with Crippen molar-refractivity contribution in [2.45, 2.75) is 83.2 Å². The summed E-state index contributed by atoms with van der Waals surface area (Å²) >= 11 is 0. The molecule has 2 fully saturated rings. The van der Waals surface area contributed by atoms with Gasteiger partial charge in [-0.05, 0) is 70.3 Å². The standard InChI is InChI=1S/C25H36O5/c1-14(26)8-9-24(2,30)22-7-6-20-19-12-21(28)16-10-15(4-5-17(27)11-16)18(19)13-23(29)25(20,22)3/h4,8-9,12,14,16-18,20,22-23,26-27,29-30H,5-7,10-11,13H2,1-3H3/b9-8+/t14-,16+,17+,18-,20+,22+,23-,24+,25+/m1/s1. The molecule has 5 heteroatoms. The number of hydrogen-bond acceptors (Lipinski definition) is 5. The zero-order valence-electron chi connectivity index (χ0n) is 18.3. The van der Waals surface area contributed by atoms with Crippen LogP contribution < -0.4 is 0 Å². The summed E-state index contributed by atoms with van der Waals surface area (Å²) in [4.78, 5) is 13.0. The van der Waals surface area contributed by atoms with Gasteiger partial charge in [0.1, 0.15) is 0 Å². The largest absolute Gasteiger partial charge is 0.393 e. The molecule has 0 unspecified atom stereocenters. The lowest BCUT2D eigenvalue weighted by Gasteiger charge is -2.51. The highest BCUT2D eigenvalue weighted by Crippen LogP contribution is 2.63. The van der Waals surface area contributed by atoms with Gasteiger partial charge in [-0.3, -0.25) is 4.79 Å². The molecule has 4 aliphatic carbocycles. The van der Waals surface area contributed by atoms with Crippen molar-refractivity contribution in [1.29, 1.82) is 0 Å². The van der Waals surface area contributed by atoms with Crippen molar-refractivity contribution in [3.63, 3.8) is 0 Å². The number of hydrogen-bond donors (Lipinski definition) is 4. The molecule has 4 rings (SSSR count). The molecule has 4 N–H and O–H groups in total. The maximum Gasteiger partial charge on any atom is 0.159 e. The number of aliphatic hydroxyl groups is 4. The molecule has 0 aromatic carbocycles. The third-order valence-corrected chi connectivity index (χ3v) is 8.49. The van der Waals surface area contributed by atoms with E-state index in [0.29, 0.717) is 25.7 Å². The van der Waals surface area contributed by atoms with Gasteiger partial charge < -0.3 is 20.4 Å². The average molecular weight is 417 g/mol. The first-order chi connectivity index (χ1) is 14.0. The van der Waals surface area contributed by atoms with Crippen LogP contribution in [0.25, 0.3) is 0 Å². The van der Waals surface area contributed by atoms with E-state index in [4.69, 9.17) is 0 Å². The first-order valence-corrected chi connectivity index (χ1v) is 11.4. The Morgan fingerprint density at radius 2 is 2.00 bits per heavy atom. The van der Waals surface area contributed by atoms with Gasteiger partial charge in [0.25, 0.3) is 0 Å². The van der Waals surface area contributed by atoms with Crippen LogP contribution >= 0.6 is 0 Å². The number of allylic oxidation sites excluding steroid dienone is 3. The molecule has 0 aliphatic heterocycles. The second kappa shape index (κ2) is 7.70. The topological polar surface area (TPSA) is 98.0 Å². The highest BCUT2D eigenvalue weighted by molar-refractivity contribution is 5.93. The number of fused-ring (bicyclic) bond motifs is 6. The Hall–Kier alpha value is -1.27. The van der Waals surface area contributed by atoms with Gasteiger partial charge in [-0.25, -0.2) is 0 Å². The zero-order valence-corrected chi connectivity index (χ0v) is 18.3. The number of carbonyl (C=O) groups excluding carboxylic acids is 1. The molecule has 2 saturated carbocycles. The van der Waals surface area contributed by atoms with E-state index in [2.05, 4.69) is 13.0 Å². The molecule has 0 aromatic rings. The third-order valence-electron chi connectivity index (χ3n) is 8.49. The van der Waals surface area contributed by atoms with Crippen LogP contribution in [0, 0.1) is 29.1 Å². The van der Waals surface area contributed by atoms with Gasteiger partial charge in [-0.15, -0.1) is 0 Å². The van der Waals surface area contributed by atoms with Crippen molar-refractivity contribution in [1.82, 2.24) is 0 Å². The van der Waals surface area contributed by atoms with E-state index in [0.717, 1.165) is 18.4 Å². The molecule has 2 bridgehead atoms. The van der Waals surface area contributed by atoms with Gasteiger partial charge in [0, 0.05) is 17.3 Å². The van der Waals surface area contributed by atoms with Crippen molar-refractivity contribution in [2.24, 2.45) is 29.1 Å². The van der Waals surface area contributed by atoms with Crippen LogP contribution in [0.5, 0.6) is 0 Å². The predicted molar refractivity (Wildman–Crippen MR) is 114 cm³/mol. The Bertz CT molecular complexity index is 791. The molecule has 0 saturated heterocycles. The predicted octanol–water partition coefficient (Wildman–Crippen LogP) is 2.68. The van der Waals surface area contributed by atoms with Crippen LogP contribution in [0.1, 0.15) is 59.3 Å². The minimum absolute atomic E-state index is 0.0399. The minimum atomic E-state index is -1.15. The normalized spacial score (nSPS) is 44.3. The van der Waals surface area contributed by atoms with Gasteiger partial charge in [0.2, 0.25) is 0 Å². The lowest BCUT2D eigenvalue weighted by atomic mass is 9.55. The van der Waals surface area contributed by atoms with Crippen LogP contribution in [0.2, 0.25) is 0 Å². The van der Waals surface area contributed by atoms with Crippen molar-refractivity contribution < 1.29 is 25.2 Å². The lowest BCUT2D eigenvalue weighted by molar-refractivity contribution is -0.119. The van der Waals surface area contributed by atoms with Crippen LogP contribution in [0.4, 0.5) is 0 Å². The molecule has 4 aliphatic rings. The summed E-state index contributed by atoms with van der Waals surface area (Å²) < 4.78 is 0. The highest BCUT2D eigenvalue weighted by atomic mass is 16.3. The van der Waals surface area contributed by atoms with Gasteiger partial charge in [-0.1, -0.05) is 36.3 Å². The van der Waals surface area contributed by atoms with Crippen LogP contribution in [-0.4, -0.2) is 50.1 Å². The zero-order chi connectivity index (χ0) is 21.8. The SMILES string of the molecule is C[C@@H](O)/C=C/[C@](C)(O)[C@@H]1CC[C@H]2C3=CC(=O)[C@H]4CC(=CC[C@H](O)C4)[C@H]3C[C@@H](O)[C@]12C. The fraction of sp³-hybridized carbons (Fsp3) is 0.720. The maximum absolute atomic E-state index is 13.0. The number of rotatable bonds is 3. The van der Waals surface area contributed by atoms with Gasteiger partial charge in [0.15, 0.2) is 5.78 Å². The summed E-state index contributed by atoms with van der Waals surface area (Å²) in [6.45, 7) is 5.48. The summed E-state index contributed by atoms with van der Waals surface area (Å²) in [7, 11) is 0. The number of aliphatic hydroxyl groups excluding tert-OH is 3. The summed E-state index contributed by atoms with van der Waals surface area (Å²) in [6, 6.07) is 0. The highest BCUT2D eigenvalue weighted by Gasteiger charge is 2.61. The molecule has 0 spiro atoms. The molecule has 30 heavy (non-hydrogen) atoms. The van der Waals surface area contributed by atoms with E-state index in [-0.39, 0.29) is 29.5 Å². The van der Waals surface area contributed by atoms with E-state index < -0.39 is 29.3 Å². The Morgan fingerprint density at radius 1 is 1.27 bits per heavy atom. The van der Waals surface area contributed by atoms with Crippen molar-refractivity contribution >= 4 is 5.78 Å². The Balaban J connectivity index is 1.72. The quantitative estimate of drug-likeness (QED) is 0.530. The summed E-state index contributed by atoms with van der Waals surface area (Å²) in [5.74, 6) is -0.155. The monoisotopic (exact) mass is 416 g/mol. The molecule has 166 valence electrons. The maximum atomic E-state index is 13.0. The molecular formula is C25H36O5. The van der Waals surface area contributed by atoms with E-state index >= 15 is 0 Å². The number of ketones is 1.